The van der Waals surface area contributed by atoms with E-state index in [-0.39, 0.29) is 0 Å². The van der Waals surface area contributed by atoms with Gasteiger partial charge in [-0.25, -0.2) is 0 Å². The molecule has 0 radical (unpaired) electrons. The third kappa shape index (κ3) is 7.90. The Bertz CT molecular complexity index is 1610. The molecule has 5 rings (SSSR count). The van der Waals surface area contributed by atoms with Gasteiger partial charge in [0.1, 0.15) is 23.0 Å². The number of anilines is 2. The average Bonchev–Trinajstić information content (AvgIpc) is 3.04. The first kappa shape index (κ1) is 30.5. The number of ether oxygens (including phenoxy) is 3. The summed E-state index contributed by atoms with van der Waals surface area (Å²) in [6.07, 6.45) is -3.76. The van der Waals surface area contributed by atoms with Crippen molar-refractivity contribution in [3.05, 3.63) is 132 Å². The van der Waals surface area contributed by atoms with E-state index in [2.05, 4.69) is 47.0 Å². The minimum absolute atomic E-state index is 0.444. The highest BCUT2D eigenvalue weighted by Gasteiger charge is 2.29. The molecule has 44 heavy (non-hydrogen) atoms. The van der Waals surface area contributed by atoms with Crippen molar-refractivity contribution in [2.45, 2.75) is 19.1 Å². The minimum atomic E-state index is -4.34. The lowest BCUT2D eigenvalue weighted by atomic mass is 10.1. The first-order valence-electron chi connectivity index (χ1n) is 14.1. The second-order valence-electron chi connectivity index (χ2n) is 10.1. The van der Waals surface area contributed by atoms with E-state index >= 15 is 0 Å². The van der Waals surface area contributed by atoms with E-state index in [0.717, 1.165) is 40.2 Å². The molecule has 0 heterocycles. The quantitative estimate of drug-likeness (QED) is 0.140. The summed E-state index contributed by atoms with van der Waals surface area (Å²) in [7, 11) is 3.16. The maximum absolute atomic E-state index is 12.8. The molecule has 0 spiro atoms. The van der Waals surface area contributed by atoms with Crippen LogP contribution in [0.2, 0.25) is 0 Å². The molecule has 5 nitrogen and oxygen atoms in total. The largest absolute Gasteiger partial charge is 0.496 e. The number of nitrogens with one attached hydrogen (secondary N) is 2. The molecule has 2 N–H and O–H groups in total. The van der Waals surface area contributed by atoms with Crippen LogP contribution in [0.3, 0.4) is 0 Å². The predicted molar refractivity (Wildman–Crippen MR) is 168 cm³/mol. The average molecular weight is 599 g/mol. The van der Waals surface area contributed by atoms with Gasteiger partial charge >= 0.3 is 6.18 Å². The molecule has 0 aliphatic carbocycles. The Balaban J connectivity index is 1.17. The molecule has 0 saturated heterocycles. The van der Waals surface area contributed by atoms with Crippen molar-refractivity contribution in [3.8, 4) is 34.1 Å². The Labute approximate surface area is 255 Å². The summed E-state index contributed by atoms with van der Waals surface area (Å²) in [5, 5.41) is 6.73. The van der Waals surface area contributed by atoms with Crippen LogP contribution < -0.4 is 24.8 Å². The summed E-state index contributed by atoms with van der Waals surface area (Å²) in [6.45, 7) is 1.01. The molecule has 0 aliphatic rings. The van der Waals surface area contributed by atoms with Gasteiger partial charge in [0.15, 0.2) is 0 Å². The fourth-order valence-electron chi connectivity index (χ4n) is 4.79. The summed E-state index contributed by atoms with van der Waals surface area (Å²) in [5.41, 5.74) is 5.22. The van der Waals surface area contributed by atoms with Crippen molar-refractivity contribution >= 4 is 11.4 Å². The summed E-state index contributed by atoms with van der Waals surface area (Å²) in [5.74, 6) is 2.41. The number of benzene rings is 5. The molecule has 5 aromatic rings. The molecule has 0 unspecified atom stereocenters. The molecular weight excluding hydrogens is 565 g/mol. The van der Waals surface area contributed by atoms with E-state index in [1.807, 2.05) is 42.5 Å². The summed E-state index contributed by atoms with van der Waals surface area (Å²) >= 11 is 0. The third-order valence-corrected chi connectivity index (χ3v) is 7.13. The van der Waals surface area contributed by atoms with Crippen LogP contribution in [-0.2, 0) is 19.1 Å². The van der Waals surface area contributed by atoms with E-state index in [1.54, 1.807) is 26.4 Å². The van der Waals surface area contributed by atoms with Crippen LogP contribution in [0.25, 0.3) is 11.1 Å². The minimum Gasteiger partial charge on any atom is -0.496 e. The van der Waals surface area contributed by atoms with Gasteiger partial charge in [0.05, 0.1) is 25.3 Å². The van der Waals surface area contributed by atoms with Gasteiger partial charge in [-0.3, -0.25) is 0 Å². The van der Waals surface area contributed by atoms with Crippen LogP contribution in [0, 0.1) is 0 Å². The van der Waals surface area contributed by atoms with Crippen molar-refractivity contribution in [2.24, 2.45) is 0 Å². The van der Waals surface area contributed by atoms with Crippen LogP contribution in [0.4, 0.5) is 24.5 Å². The maximum atomic E-state index is 12.8. The Morgan fingerprint density at radius 1 is 0.636 bits per heavy atom. The monoisotopic (exact) mass is 598 g/mol. The first-order chi connectivity index (χ1) is 21.3. The molecule has 0 atom stereocenters. The topological polar surface area (TPSA) is 51.8 Å². The first-order valence-corrected chi connectivity index (χ1v) is 14.1. The summed E-state index contributed by atoms with van der Waals surface area (Å²) in [4.78, 5) is 0. The van der Waals surface area contributed by atoms with E-state index in [9.17, 15) is 13.2 Å². The highest BCUT2D eigenvalue weighted by atomic mass is 19.4. The number of halogens is 3. The van der Waals surface area contributed by atoms with E-state index in [4.69, 9.17) is 14.2 Å². The molecule has 0 saturated carbocycles. The van der Waals surface area contributed by atoms with Crippen molar-refractivity contribution in [3.63, 3.8) is 0 Å². The molecule has 8 heteroatoms. The maximum Gasteiger partial charge on any atom is 0.416 e. The number of hydrogen-bond acceptors (Lipinski definition) is 5. The highest BCUT2D eigenvalue weighted by molar-refractivity contribution is 5.68. The molecule has 0 bridgehead atoms. The summed E-state index contributed by atoms with van der Waals surface area (Å²) in [6, 6.07) is 35.0. The van der Waals surface area contributed by atoms with Crippen LogP contribution in [0.15, 0.2) is 115 Å². The molecule has 0 amide bonds. The zero-order valence-electron chi connectivity index (χ0n) is 24.4. The van der Waals surface area contributed by atoms with Gasteiger partial charge in [-0.05, 0) is 78.2 Å². The van der Waals surface area contributed by atoms with Crippen molar-refractivity contribution < 1.29 is 27.4 Å². The van der Waals surface area contributed by atoms with Crippen molar-refractivity contribution in [2.75, 3.05) is 26.1 Å². The van der Waals surface area contributed by atoms with Gasteiger partial charge in [-0.2, -0.15) is 13.2 Å². The number of hydrogen-bond donors (Lipinski definition) is 2. The molecular formula is C36H33F3N2O3. The third-order valence-electron chi connectivity index (χ3n) is 7.13. The van der Waals surface area contributed by atoms with E-state index in [0.29, 0.717) is 42.5 Å². The van der Waals surface area contributed by atoms with Gasteiger partial charge in [0.25, 0.3) is 0 Å². The van der Waals surface area contributed by atoms with Crippen LogP contribution in [0.1, 0.15) is 16.7 Å². The van der Waals surface area contributed by atoms with E-state index in [1.165, 1.54) is 17.7 Å². The number of alkyl halides is 3. The van der Waals surface area contributed by atoms with Crippen LogP contribution >= 0.6 is 0 Å². The SMILES string of the molecule is COc1cc(Oc2ccc(Nc3ccc(-c4ccccc4)cc3)cc2)cc(OC)c1CNCCc1ccc(C(F)(F)F)cc1. The second kappa shape index (κ2) is 14.0. The normalized spacial score (nSPS) is 11.2. The fourth-order valence-corrected chi connectivity index (χ4v) is 4.79. The van der Waals surface area contributed by atoms with Gasteiger partial charge in [0.2, 0.25) is 0 Å². The Morgan fingerprint density at radius 2 is 1.20 bits per heavy atom. The van der Waals surface area contributed by atoms with Crippen LogP contribution in [0.5, 0.6) is 23.0 Å². The number of rotatable bonds is 12. The lowest BCUT2D eigenvalue weighted by Gasteiger charge is -2.17. The van der Waals surface area contributed by atoms with Gasteiger partial charge in [0, 0.05) is 30.1 Å². The lowest BCUT2D eigenvalue weighted by Crippen LogP contribution is -2.18. The predicted octanol–water partition coefficient (Wildman–Crippen LogP) is 9.26. The van der Waals surface area contributed by atoms with Crippen molar-refractivity contribution in [1.82, 2.24) is 5.32 Å². The Hall–Kier alpha value is -4.95. The van der Waals surface area contributed by atoms with Gasteiger partial charge < -0.3 is 24.8 Å². The Kier molecular flexibility index (Phi) is 9.72. The van der Waals surface area contributed by atoms with Crippen LogP contribution in [-0.4, -0.2) is 20.8 Å². The standard InChI is InChI=1S/C36H33F3N2O3/c1-42-34-22-32(23-35(43-2)33(34)24-40-21-20-25-8-12-28(13-9-25)36(37,38)39)44-31-18-16-30(17-19-31)41-29-14-10-27(11-15-29)26-6-4-3-5-7-26/h3-19,22-23,40-41H,20-21,24H2,1-2H3. The zero-order chi connectivity index (χ0) is 30.9. The molecule has 0 aromatic heterocycles. The number of methoxy groups -OCH3 is 2. The molecule has 226 valence electrons. The smallest absolute Gasteiger partial charge is 0.416 e. The lowest BCUT2D eigenvalue weighted by molar-refractivity contribution is -0.137. The fraction of sp³-hybridized carbons (Fsp3) is 0.167. The van der Waals surface area contributed by atoms with Gasteiger partial charge in [-0.1, -0.05) is 54.6 Å². The van der Waals surface area contributed by atoms with Crippen molar-refractivity contribution in [1.29, 1.82) is 0 Å². The zero-order valence-corrected chi connectivity index (χ0v) is 24.4. The molecule has 5 aromatic carbocycles. The Morgan fingerprint density at radius 3 is 1.77 bits per heavy atom. The highest BCUT2D eigenvalue weighted by Crippen LogP contribution is 2.36. The van der Waals surface area contributed by atoms with Gasteiger partial charge in [-0.15, -0.1) is 0 Å². The second-order valence-corrected chi connectivity index (χ2v) is 10.1. The molecule has 0 aliphatic heterocycles. The summed E-state index contributed by atoms with van der Waals surface area (Å²) < 4.78 is 55.8. The molecule has 0 fully saturated rings. The van der Waals surface area contributed by atoms with E-state index < -0.39 is 11.7 Å².